The van der Waals surface area contributed by atoms with Gasteiger partial charge >= 0.3 is 0 Å². The average Bonchev–Trinajstić information content (AvgIpc) is 3.45. The number of amides is 1. The number of rotatable bonds is 6. The van der Waals surface area contributed by atoms with E-state index in [9.17, 15) is 27.5 Å². The van der Waals surface area contributed by atoms with E-state index in [1.807, 2.05) is 0 Å². The van der Waals surface area contributed by atoms with Gasteiger partial charge < -0.3 is 19.9 Å². The second-order valence-electron chi connectivity index (χ2n) is 10.3. The Balaban J connectivity index is 1.35. The molecule has 2 aromatic rings. The maximum absolute atomic E-state index is 14.2. The molecule has 0 saturated carbocycles. The van der Waals surface area contributed by atoms with E-state index in [1.165, 1.54) is 14.9 Å². The summed E-state index contributed by atoms with van der Waals surface area (Å²) in [6.07, 6.45) is 0.909. The summed E-state index contributed by atoms with van der Waals surface area (Å²) in [6.45, 7) is 6.41. The van der Waals surface area contributed by atoms with Crippen molar-refractivity contribution in [2.75, 3.05) is 46.0 Å². The Hall–Kier alpha value is -2.91. The minimum Gasteiger partial charge on any atom is -0.501 e. The van der Waals surface area contributed by atoms with Gasteiger partial charge in [0.05, 0.1) is 24.7 Å². The molecule has 14 heteroatoms. The van der Waals surface area contributed by atoms with E-state index in [-0.39, 0.29) is 55.1 Å². The van der Waals surface area contributed by atoms with Gasteiger partial charge in [-0.25, -0.2) is 17.8 Å². The van der Waals surface area contributed by atoms with E-state index in [4.69, 9.17) is 9.47 Å². The largest absolute Gasteiger partial charge is 0.501 e. The highest BCUT2D eigenvalue weighted by Crippen LogP contribution is 2.28. The minimum atomic E-state index is -4.07. The third-order valence-corrected chi connectivity index (χ3v) is 9.44. The van der Waals surface area contributed by atoms with Gasteiger partial charge in [-0.15, -0.1) is 0 Å². The molecule has 0 radical (unpaired) electrons. The van der Waals surface area contributed by atoms with Crippen LogP contribution in [-0.4, -0.2) is 90.2 Å². The van der Waals surface area contributed by atoms with E-state index in [0.29, 0.717) is 26.3 Å². The highest BCUT2D eigenvalue weighted by Gasteiger charge is 2.36. The molecule has 1 aromatic heterocycles. The van der Waals surface area contributed by atoms with Crippen LogP contribution in [0.3, 0.4) is 0 Å². The van der Waals surface area contributed by atoms with Crippen molar-refractivity contribution in [3.05, 3.63) is 51.5 Å². The van der Waals surface area contributed by atoms with Crippen molar-refractivity contribution in [3.63, 3.8) is 0 Å². The van der Waals surface area contributed by atoms with Gasteiger partial charge in [0.25, 0.3) is 11.5 Å². The summed E-state index contributed by atoms with van der Waals surface area (Å²) >= 11 is 0. The van der Waals surface area contributed by atoms with E-state index in [1.54, 1.807) is 13.8 Å². The molecule has 3 aliphatic rings. The van der Waals surface area contributed by atoms with Crippen LogP contribution in [0.2, 0.25) is 0 Å². The Kier molecular flexibility index (Phi) is 7.50. The molecule has 39 heavy (non-hydrogen) atoms. The van der Waals surface area contributed by atoms with Crippen LogP contribution in [0, 0.1) is 5.82 Å². The van der Waals surface area contributed by atoms with Gasteiger partial charge in [-0.2, -0.15) is 4.31 Å². The molecule has 0 spiro atoms. The number of aromatic hydroxyl groups is 1. The lowest BCUT2D eigenvalue weighted by Gasteiger charge is -2.37. The number of benzene rings is 1. The number of nitrogens with zero attached hydrogens (tertiary/aromatic N) is 4. The van der Waals surface area contributed by atoms with Crippen LogP contribution in [0.4, 0.5) is 4.39 Å². The Morgan fingerprint density at radius 2 is 1.95 bits per heavy atom. The third kappa shape index (κ3) is 5.31. The molecule has 0 aliphatic carbocycles. The predicted octanol–water partition coefficient (Wildman–Crippen LogP) is 0.379. The highest BCUT2D eigenvalue weighted by molar-refractivity contribution is 7.89. The molecule has 5 rings (SSSR count). The molecule has 4 heterocycles. The van der Waals surface area contributed by atoms with E-state index < -0.39 is 44.4 Å². The van der Waals surface area contributed by atoms with Crippen LogP contribution in [0.25, 0.3) is 0 Å². The topological polar surface area (TPSA) is 143 Å². The van der Waals surface area contributed by atoms with Gasteiger partial charge in [-0.05, 0) is 38.0 Å². The number of aromatic nitrogens is 2. The summed E-state index contributed by atoms with van der Waals surface area (Å²) in [5, 5.41) is 12.9. The minimum absolute atomic E-state index is 0.161. The van der Waals surface area contributed by atoms with Gasteiger partial charge in [0.2, 0.25) is 15.8 Å². The standard InChI is InChI=1S/C25H32FN5O7S/c1-25(2)24-28-20(21(32)23(34)31(24)10-12-38-25)22(33)27-14-16-3-4-17(26)13-19(16)39(35,36)30-8-6-29(7-9-30)18-5-11-37-15-18/h3-4,13,18,32H,5-12,14-15H2,1-2H3,(H,27,33)/t18-/m0/s1. The number of ether oxygens (including phenoxy) is 2. The zero-order valence-electron chi connectivity index (χ0n) is 21.9. The SMILES string of the molecule is CC1(C)OCCn2c1nc(C(=O)NCc1ccc(F)cc1S(=O)(=O)N1CCN([C@H]3CCOC3)CC1)c(O)c2=O. The second-order valence-corrected chi connectivity index (χ2v) is 12.2. The van der Waals surface area contributed by atoms with E-state index in [2.05, 4.69) is 15.2 Å². The maximum Gasteiger partial charge on any atom is 0.296 e. The molecular formula is C25H32FN5O7S. The number of fused-ring (bicyclic) bond motifs is 1. The molecule has 3 aliphatic heterocycles. The number of piperazine rings is 1. The van der Waals surface area contributed by atoms with Gasteiger partial charge in [-0.3, -0.25) is 19.1 Å². The van der Waals surface area contributed by atoms with Crippen LogP contribution in [0.15, 0.2) is 27.9 Å². The van der Waals surface area contributed by atoms with Crippen LogP contribution in [0.5, 0.6) is 5.75 Å². The lowest BCUT2D eigenvalue weighted by atomic mass is 10.1. The summed E-state index contributed by atoms with van der Waals surface area (Å²) in [5.41, 5.74) is -2.07. The number of carbonyl (C=O) groups excluding carboxylic acids is 1. The van der Waals surface area contributed by atoms with Crippen molar-refractivity contribution in [3.8, 4) is 5.75 Å². The lowest BCUT2D eigenvalue weighted by molar-refractivity contribution is -0.0566. The fraction of sp³-hybridized carbons (Fsp3) is 0.560. The van der Waals surface area contributed by atoms with Gasteiger partial charge in [-0.1, -0.05) is 6.07 Å². The zero-order chi connectivity index (χ0) is 27.9. The van der Waals surface area contributed by atoms with Gasteiger partial charge in [0, 0.05) is 45.4 Å². The maximum atomic E-state index is 14.2. The fourth-order valence-electron chi connectivity index (χ4n) is 5.26. The molecule has 2 N–H and O–H groups in total. The molecule has 1 aromatic carbocycles. The summed E-state index contributed by atoms with van der Waals surface area (Å²) in [6, 6.07) is 3.61. The molecular weight excluding hydrogens is 533 g/mol. The Bertz CT molecular complexity index is 1430. The molecule has 2 fully saturated rings. The first-order valence-electron chi connectivity index (χ1n) is 12.9. The Morgan fingerprint density at radius 3 is 2.64 bits per heavy atom. The van der Waals surface area contributed by atoms with Gasteiger partial charge in [0.1, 0.15) is 17.2 Å². The average molecular weight is 566 g/mol. The number of hydrogen-bond donors (Lipinski definition) is 2. The van der Waals surface area contributed by atoms with Gasteiger partial charge in [0.15, 0.2) is 5.69 Å². The smallest absolute Gasteiger partial charge is 0.296 e. The number of hydrogen-bond acceptors (Lipinski definition) is 9. The normalized spacial score (nSPS) is 22.0. The number of nitrogens with one attached hydrogen (secondary N) is 1. The molecule has 0 bridgehead atoms. The molecule has 2 saturated heterocycles. The lowest BCUT2D eigenvalue weighted by Crippen LogP contribution is -2.52. The molecule has 0 unspecified atom stereocenters. The first-order valence-corrected chi connectivity index (χ1v) is 14.3. The Labute approximate surface area is 225 Å². The Morgan fingerprint density at radius 1 is 1.21 bits per heavy atom. The number of carbonyl (C=O) groups is 1. The third-order valence-electron chi connectivity index (χ3n) is 7.46. The summed E-state index contributed by atoms with van der Waals surface area (Å²) in [7, 11) is -4.07. The van der Waals surface area contributed by atoms with Crippen molar-refractivity contribution < 1.29 is 32.2 Å². The van der Waals surface area contributed by atoms with Crippen LogP contribution in [0.1, 0.15) is 42.1 Å². The summed E-state index contributed by atoms with van der Waals surface area (Å²) < 4.78 is 55.0. The fourth-order valence-corrected chi connectivity index (χ4v) is 6.91. The number of halogens is 1. The highest BCUT2D eigenvalue weighted by atomic mass is 32.2. The van der Waals surface area contributed by atoms with E-state index in [0.717, 1.165) is 18.6 Å². The van der Waals surface area contributed by atoms with Crippen molar-refractivity contribution in [2.45, 2.75) is 49.9 Å². The molecule has 12 nitrogen and oxygen atoms in total. The van der Waals surface area contributed by atoms with Crippen LogP contribution in [-0.2, 0) is 38.2 Å². The molecule has 1 atom stereocenters. The summed E-state index contributed by atoms with van der Waals surface area (Å²) in [4.78, 5) is 31.9. The van der Waals surface area contributed by atoms with Crippen molar-refractivity contribution >= 4 is 15.9 Å². The van der Waals surface area contributed by atoms with E-state index >= 15 is 0 Å². The quantitative estimate of drug-likeness (QED) is 0.508. The van der Waals surface area contributed by atoms with Crippen molar-refractivity contribution in [2.24, 2.45) is 0 Å². The summed E-state index contributed by atoms with van der Waals surface area (Å²) in [5.74, 6) is -2.23. The van der Waals surface area contributed by atoms with Crippen LogP contribution >= 0.6 is 0 Å². The zero-order valence-corrected chi connectivity index (χ0v) is 22.7. The molecule has 1 amide bonds. The number of sulfonamides is 1. The first-order chi connectivity index (χ1) is 18.5. The first kappa shape index (κ1) is 27.6. The predicted molar refractivity (Wildman–Crippen MR) is 136 cm³/mol. The van der Waals surface area contributed by atoms with Crippen LogP contribution < -0.4 is 10.9 Å². The molecule has 212 valence electrons. The second kappa shape index (κ2) is 10.6. The van der Waals surface area contributed by atoms with Crippen molar-refractivity contribution in [1.82, 2.24) is 24.1 Å². The monoisotopic (exact) mass is 565 g/mol. The van der Waals surface area contributed by atoms with Crippen molar-refractivity contribution in [1.29, 1.82) is 0 Å².